The monoisotopic (exact) mass is 531 g/mol. The maximum atomic E-state index is 13.4. The van der Waals surface area contributed by atoms with E-state index in [0.717, 1.165) is 16.7 Å². The Labute approximate surface area is 230 Å². The topological polar surface area (TPSA) is 81.2 Å². The van der Waals surface area contributed by atoms with Gasteiger partial charge < -0.3 is 19.1 Å². The Morgan fingerprint density at radius 3 is 2.36 bits per heavy atom. The zero-order chi connectivity index (χ0) is 28.2. The Bertz CT molecular complexity index is 1300. The van der Waals surface area contributed by atoms with Crippen LogP contribution in [0.25, 0.3) is 0 Å². The number of benzene rings is 2. The average molecular weight is 532 g/mol. The Morgan fingerprint density at radius 1 is 1.05 bits per heavy atom. The van der Waals surface area contributed by atoms with E-state index in [1.54, 1.807) is 35.4 Å². The molecule has 0 saturated heterocycles. The highest BCUT2D eigenvalue weighted by Gasteiger charge is 2.36. The molecule has 206 valence electrons. The summed E-state index contributed by atoms with van der Waals surface area (Å²) in [6.45, 7) is 11.3. The molecule has 0 saturated carbocycles. The number of carbonyl (C=O) groups excluding carboxylic acids is 2. The van der Waals surface area contributed by atoms with Crippen LogP contribution in [0.4, 0.5) is 4.79 Å². The second kappa shape index (κ2) is 11.8. The highest BCUT2D eigenvalue weighted by atomic mass is 16.6. The number of fused-ring (bicyclic) bond motifs is 1. The van der Waals surface area contributed by atoms with Gasteiger partial charge in [0.05, 0.1) is 19.3 Å². The van der Waals surface area contributed by atoms with Gasteiger partial charge in [0.15, 0.2) is 11.5 Å². The molecule has 2 aromatic carbocycles. The first kappa shape index (κ1) is 28.0. The summed E-state index contributed by atoms with van der Waals surface area (Å²) in [7, 11) is 1.61. The maximum Gasteiger partial charge on any atom is 0.411 e. The van der Waals surface area contributed by atoms with Crippen molar-refractivity contribution in [1.82, 2.24) is 14.8 Å². The minimum atomic E-state index is -0.642. The van der Waals surface area contributed by atoms with Crippen LogP contribution in [0.15, 0.2) is 60.9 Å². The van der Waals surface area contributed by atoms with Gasteiger partial charge >= 0.3 is 6.09 Å². The molecule has 1 aliphatic rings. The smallest absolute Gasteiger partial charge is 0.411 e. The molecule has 3 aromatic rings. The van der Waals surface area contributed by atoms with Crippen LogP contribution < -0.4 is 9.47 Å². The number of carbonyl (C=O) groups is 2. The zero-order valence-corrected chi connectivity index (χ0v) is 23.6. The quantitative estimate of drug-likeness (QED) is 0.359. The van der Waals surface area contributed by atoms with Crippen LogP contribution in [-0.4, -0.2) is 59.1 Å². The third-order valence-corrected chi connectivity index (χ3v) is 6.67. The third-order valence-electron chi connectivity index (χ3n) is 6.67. The lowest BCUT2D eigenvalue weighted by atomic mass is 9.87. The fourth-order valence-electron chi connectivity index (χ4n) is 4.78. The summed E-state index contributed by atoms with van der Waals surface area (Å²) >= 11 is 0. The van der Waals surface area contributed by atoms with E-state index in [4.69, 9.17) is 14.2 Å². The largest absolute Gasteiger partial charge is 0.493 e. The highest BCUT2D eigenvalue weighted by molar-refractivity contribution is 5.94. The number of aromatic nitrogens is 1. The van der Waals surface area contributed by atoms with Crippen LogP contribution in [0, 0.1) is 0 Å². The van der Waals surface area contributed by atoms with Crippen molar-refractivity contribution in [1.29, 1.82) is 0 Å². The Morgan fingerprint density at radius 2 is 1.77 bits per heavy atom. The lowest BCUT2D eigenvalue weighted by molar-refractivity contribution is 0.0177. The maximum absolute atomic E-state index is 13.4. The van der Waals surface area contributed by atoms with Gasteiger partial charge in [-0.1, -0.05) is 12.1 Å². The molecule has 0 aliphatic carbocycles. The number of amides is 2. The van der Waals surface area contributed by atoms with E-state index in [2.05, 4.69) is 4.98 Å². The van der Waals surface area contributed by atoms with Crippen molar-refractivity contribution in [3.05, 3.63) is 83.2 Å². The SMILES string of the molecule is CCN(CC)C(=O)c1ccc(C2c3cc(Oc4cccnc4)c(OC)cc3CCN2C(=O)OC(C)(C)C)cc1. The van der Waals surface area contributed by atoms with Crippen LogP contribution in [-0.2, 0) is 11.2 Å². The fraction of sp³-hybridized carbons (Fsp3) is 0.387. The molecule has 0 fully saturated rings. The minimum absolute atomic E-state index is 0.0171. The molecule has 1 atom stereocenters. The van der Waals surface area contributed by atoms with Crippen molar-refractivity contribution in [3.63, 3.8) is 0 Å². The Hall–Kier alpha value is -4.07. The second-order valence-corrected chi connectivity index (χ2v) is 10.4. The van der Waals surface area contributed by atoms with Gasteiger partial charge in [-0.3, -0.25) is 14.7 Å². The van der Waals surface area contributed by atoms with E-state index in [-0.39, 0.29) is 5.91 Å². The Kier molecular flexibility index (Phi) is 8.43. The first-order valence-electron chi connectivity index (χ1n) is 13.3. The van der Waals surface area contributed by atoms with E-state index in [1.807, 2.05) is 77.1 Å². The molecule has 1 unspecified atom stereocenters. The van der Waals surface area contributed by atoms with E-state index < -0.39 is 17.7 Å². The van der Waals surface area contributed by atoms with E-state index in [1.165, 1.54) is 0 Å². The van der Waals surface area contributed by atoms with Crippen LogP contribution in [0.3, 0.4) is 0 Å². The molecule has 0 N–H and O–H groups in total. The molecule has 1 aromatic heterocycles. The molecule has 8 nitrogen and oxygen atoms in total. The lowest BCUT2D eigenvalue weighted by Gasteiger charge is -2.38. The van der Waals surface area contributed by atoms with Crippen molar-refractivity contribution >= 4 is 12.0 Å². The highest BCUT2D eigenvalue weighted by Crippen LogP contribution is 2.43. The van der Waals surface area contributed by atoms with Crippen molar-refractivity contribution in [3.8, 4) is 17.2 Å². The van der Waals surface area contributed by atoms with Gasteiger partial charge in [-0.05, 0) is 94.1 Å². The van der Waals surface area contributed by atoms with Crippen LogP contribution in [0.2, 0.25) is 0 Å². The van der Waals surface area contributed by atoms with Crippen molar-refractivity contribution in [2.45, 2.75) is 52.7 Å². The van der Waals surface area contributed by atoms with Gasteiger partial charge in [-0.25, -0.2) is 4.79 Å². The third kappa shape index (κ3) is 6.33. The van der Waals surface area contributed by atoms with Gasteiger partial charge in [-0.2, -0.15) is 0 Å². The summed E-state index contributed by atoms with van der Waals surface area (Å²) in [6.07, 6.45) is 3.55. The van der Waals surface area contributed by atoms with Crippen molar-refractivity contribution in [2.24, 2.45) is 0 Å². The molecular formula is C31H37N3O5. The summed E-state index contributed by atoms with van der Waals surface area (Å²) in [4.78, 5) is 34.0. The minimum Gasteiger partial charge on any atom is -0.493 e. The molecule has 0 radical (unpaired) electrons. The van der Waals surface area contributed by atoms with Gasteiger partial charge in [0.25, 0.3) is 5.91 Å². The molecule has 0 spiro atoms. The normalized spacial score (nSPS) is 14.8. The predicted octanol–water partition coefficient (Wildman–Crippen LogP) is 6.25. The molecule has 0 bridgehead atoms. The molecule has 2 heterocycles. The first-order chi connectivity index (χ1) is 18.6. The molecule has 8 heteroatoms. The van der Waals surface area contributed by atoms with Gasteiger partial charge in [0.1, 0.15) is 11.4 Å². The molecule has 2 amide bonds. The molecule has 1 aliphatic heterocycles. The average Bonchev–Trinajstić information content (AvgIpc) is 2.92. The summed E-state index contributed by atoms with van der Waals surface area (Å²) in [5.74, 6) is 1.68. The number of rotatable bonds is 7. The van der Waals surface area contributed by atoms with E-state index in [9.17, 15) is 9.59 Å². The number of hydrogen-bond acceptors (Lipinski definition) is 6. The molecular weight excluding hydrogens is 494 g/mol. The van der Waals surface area contributed by atoms with Crippen molar-refractivity contribution < 1.29 is 23.8 Å². The standard InChI is InChI=1S/C31H37N3O5/c1-7-33(8-2)29(35)22-13-11-21(12-14-22)28-25-19-27(38-24-10-9-16-32-20-24)26(37-6)18-23(25)15-17-34(28)30(36)39-31(3,4)5/h9-14,16,18-20,28H,7-8,15,17H2,1-6H3. The predicted molar refractivity (Wildman–Crippen MR) is 149 cm³/mol. The van der Waals surface area contributed by atoms with Gasteiger partial charge in [0.2, 0.25) is 0 Å². The second-order valence-electron chi connectivity index (χ2n) is 10.4. The first-order valence-corrected chi connectivity index (χ1v) is 13.3. The van der Waals surface area contributed by atoms with Crippen molar-refractivity contribution in [2.75, 3.05) is 26.7 Å². The Balaban J connectivity index is 1.79. The number of hydrogen-bond donors (Lipinski definition) is 0. The lowest BCUT2D eigenvalue weighted by Crippen LogP contribution is -2.43. The van der Waals surface area contributed by atoms with Gasteiger partial charge in [0, 0.05) is 31.4 Å². The number of ether oxygens (including phenoxy) is 3. The van der Waals surface area contributed by atoms with Gasteiger partial charge in [-0.15, -0.1) is 0 Å². The summed E-state index contributed by atoms with van der Waals surface area (Å²) in [6, 6.07) is 14.6. The van der Waals surface area contributed by atoms with E-state index in [0.29, 0.717) is 48.9 Å². The van der Waals surface area contributed by atoms with Crippen LogP contribution >= 0.6 is 0 Å². The molecule has 39 heavy (non-hydrogen) atoms. The fourth-order valence-corrected chi connectivity index (χ4v) is 4.78. The summed E-state index contributed by atoms with van der Waals surface area (Å²) in [5.41, 5.74) is 2.80. The van der Waals surface area contributed by atoms with Crippen LogP contribution in [0.5, 0.6) is 17.2 Å². The van der Waals surface area contributed by atoms with Crippen LogP contribution in [0.1, 0.15) is 67.7 Å². The zero-order valence-electron chi connectivity index (χ0n) is 23.6. The van der Waals surface area contributed by atoms with E-state index >= 15 is 0 Å². The molecule has 4 rings (SSSR count). The summed E-state index contributed by atoms with van der Waals surface area (Å²) in [5, 5.41) is 0. The number of pyridine rings is 1. The number of nitrogens with zero attached hydrogens (tertiary/aromatic N) is 3. The number of methoxy groups -OCH3 is 1. The summed E-state index contributed by atoms with van der Waals surface area (Å²) < 4.78 is 17.6.